The molecule has 0 bridgehead atoms. The maximum Gasteiger partial charge on any atom is 0.258 e. The van der Waals surface area contributed by atoms with E-state index >= 15 is 0 Å². The van der Waals surface area contributed by atoms with Crippen LogP contribution in [0.15, 0.2) is 34.9 Å². The van der Waals surface area contributed by atoms with E-state index in [1.54, 1.807) is 0 Å². The fraction of sp³-hybridized carbons (Fsp3) is 0.308. The van der Waals surface area contributed by atoms with Gasteiger partial charge in [0, 0.05) is 11.8 Å². The van der Waals surface area contributed by atoms with E-state index in [-0.39, 0.29) is 0 Å². The van der Waals surface area contributed by atoms with Crippen LogP contribution in [0.2, 0.25) is 0 Å². The molecule has 0 saturated carbocycles. The molecule has 0 aliphatic heterocycles. The van der Waals surface area contributed by atoms with E-state index in [4.69, 9.17) is 9.26 Å². The number of halogens is 1. The Balaban J connectivity index is 2.21. The van der Waals surface area contributed by atoms with Crippen LogP contribution in [-0.4, -0.2) is 11.8 Å². The van der Waals surface area contributed by atoms with Crippen LogP contribution in [0.1, 0.15) is 23.8 Å². The zero-order valence-corrected chi connectivity index (χ0v) is 11.2. The molecule has 0 N–H and O–H groups in total. The summed E-state index contributed by atoms with van der Waals surface area (Å²) in [5, 5.41) is 4.63. The molecule has 0 aliphatic carbocycles. The molecule has 2 rings (SSSR count). The highest BCUT2D eigenvalue weighted by molar-refractivity contribution is 9.08. The largest absolute Gasteiger partial charge is 0.476 e. The van der Waals surface area contributed by atoms with Crippen LogP contribution in [0.25, 0.3) is 0 Å². The fourth-order valence-electron chi connectivity index (χ4n) is 1.63. The lowest BCUT2D eigenvalue weighted by Crippen LogP contribution is -1.95. The number of nitrogens with zero attached hydrogens (tertiary/aromatic N) is 1. The third kappa shape index (κ3) is 2.88. The van der Waals surface area contributed by atoms with E-state index in [2.05, 4.69) is 33.2 Å². The van der Waals surface area contributed by atoms with Crippen molar-refractivity contribution in [2.75, 3.05) is 6.61 Å². The molecule has 0 radical (unpaired) electrons. The summed E-state index contributed by atoms with van der Waals surface area (Å²) in [4.78, 5) is 0. The number of ether oxygens (including phenoxy) is 1. The molecule has 0 amide bonds. The molecule has 0 unspecified atom stereocenters. The molecule has 0 spiro atoms. The predicted molar refractivity (Wildman–Crippen MR) is 69.6 cm³/mol. The van der Waals surface area contributed by atoms with Gasteiger partial charge in [-0.1, -0.05) is 46.3 Å². The number of benzene rings is 1. The number of aromatic nitrogens is 1. The van der Waals surface area contributed by atoms with E-state index < -0.39 is 0 Å². The molecule has 2 aromatic rings. The van der Waals surface area contributed by atoms with Gasteiger partial charge in [-0.05, 0) is 17.6 Å². The summed E-state index contributed by atoms with van der Waals surface area (Å²) in [7, 11) is 0. The van der Waals surface area contributed by atoms with Crippen LogP contribution in [0.3, 0.4) is 0 Å². The molecule has 1 heterocycles. The van der Waals surface area contributed by atoms with Crippen molar-refractivity contribution in [3.63, 3.8) is 0 Å². The van der Waals surface area contributed by atoms with Gasteiger partial charge in [0.05, 0.1) is 12.2 Å². The van der Waals surface area contributed by atoms with Gasteiger partial charge in [-0.3, -0.25) is 0 Å². The first-order valence-electron chi connectivity index (χ1n) is 5.55. The molecule has 0 aliphatic rings. The van der Waals surface area contributed by atoms with E-state index in [0.29, 0.717) is 17.8 Å². The molecule has 0 saturated heterocycles. The lowest BCUT2D eigenvalue weighted by atomic mass is 10.1. The summed E-state index contributed by atoms with van der Waals surface area (Å²) in [5.74, 6) is 1.45. The van der Waals surface area contributed by atoms with Gasteiger partial charge in [0.2, 0.25) is 0 Å². The third-order valence-corrected chi connectivity index (χ3v) is 3.02. The lowest BCUT2D eigenvalue weighted by Gasteiger charge is -2.01. The SMILES string of the molecule is CCOc1noc(Cc2ccccc2)c1CBr. The normalized spacial score (nSPS) is 10.5. The molecule has 0 fully saturated rings. The van der Waals surface area contributed by atoms with Gasteiger partial charge >= 0.3 is 0 Å². The smallest absolute Gasteiger partial charge is 0.258 e. The second kappa shape index (κ2) is 5.87. The molecule has 90 valence electrons. The summed E-state index contributed by atoms with van der Waals surface area (Å²) in [6.07, 6.45) is 0.738. The van der Waals surface area contributed by atoms with Crippen LogP contribution >= 0.6 is 15.9 Å². The fourth-order valence-corrected chi connectivity index (χ4v) is 2.18. The van der Waals surface area contributed by atoms with Crippen LogP contribution in [0, 0.1) is 0 Å². The Morgan fingerprint density at radius 2 is 2.06 bits per heavy atom. The summed E-state index contributed by atoms with van der Waals surface area (Å²) in [6, 6.07) is 10.2. The first kappa shape index (κ1) is 12.2. The van der Waals surface area contributed by atoms with Crippen LogP contribution in [-0.2, 0) is 11.8 Å². The van der Waals surface area contributed by atoms with Crippen LogP contribution in [0.5, 0.6) is 5.88 Å². The van der Waals surface area contributed by atoms with E-state index in [1.165, 1.54) is 5.56 Å². The van der Waals surface area contributed by atoms with Crippen molar-refractivity contribution in [3.05, 3.63) is 47.2 Å². The third-order valence-electron chi connectivity index (χ3n) is 2.46. The second-order valence-corrected chi connectivity index (χ2v) is 4.18. The van der Waals surface area contributed by atoms with Gasteiger partial charge in [-0.2, -0.15) is 0 Å². The first-order valence-corrected chi connectivity index (χ1v) is 6.67. The van der Waals surface area contributed by atoms with Crippen molar-refractivity contribution in [2.24, 2.45) is 0 Å². The second-order valence-electron chi connectivity index (χ2n) is 3.62. The molecule has 17 heavy (non-hydrogen) atoms. The first-order chi connectivity index (χ1) is 8.35. The zero-order valence-electron chi connectivity index (χ0n) is 9.65. The number of alkyl halides is 1. The summed E-state index contributed by atoms with van der Waals surface area (Å²) in [6.45, 7) is 2.53. The summed E-state index contributed by atoms with van der Waals surface area (Å²) in [5.41, 5.74) is 2.20. The highest BCUT2D eigenvalue weighted by atomic mass is 79.9. The maximum absolute atomic E-state index is 5.41. The standard InChI is InChI=1S/C13H14BrNO2/c1-2-16-13-11(9-14)12(17-15-13)8-10-6-4-3-5-7-10/h3-7H,2,8-9H2,1H3. The Kier molecular flexibility index (Phi) is 4.20. The summed E-state index contributed by atoms with van der Waals surface area (Å²) < 4.78 is 10.7. The average molecular weight is 296 g/mol. The molecular weight excluding hydrogens is 282 g/mol. The Morgan fingerprint density at radius 3 is 2.71 bits per heavy atom. The van der Waals surface area contributed by atoms with Crippen molar-refractivity contribution in [3.8, 4) is 5.88 Å². The number of rotatable bonds is 5. The number of hydrogen-bond donors (Lipinski definition) is 0. The monoisotopic (exact) mass is 295 g/mol. The summed E-state index contributed by atoms with van der Waals surface area (Å²) >= 11 is 3.44. The van der Waals surface area contributed by atoms with Gasteiger partial charge < -0.3 is 9.26 Å². The van der Waals surface area contributed by atoms with Crippen LogP contribution < -0.4 is 4.74 Å². The molecule has 1 aromatic heterocycles. The molecule has 1 aromatic carbocycles. The van der Waals surface area contributed by atoms with Crippen molar-refractivity contribution in [1.82, 2.24) is 5.16 Å². The minimum atomic E-state index is 0.593. The quantitative estimate of drug-likeness (QED) is 0.791. The lowest BCUT2D eigenvalue weighted by molar-refractivity contribution is 0.290. The Morgan fingerprint density at radius 1 is 1.29 bits per heavy atom. The topological polar surface area (TPSA) is 35.3 Å². The number of hydrogen-bond acceptors (Lipinski definition) is 3. The van der Waals surface area contributed by atoms with Crippen molar-refractivity contribution in [1.29, 1.82) is 0 Å². The highest BCUT2D eigenvalue weighted by Gasteiger charge is 2.16. The van der Waals surface area contributed by atoms with Gasteiger partial charge in [0.25, 0.3) is 5.88 Å². The Bertz CT molecular complexity index is 468. The minimum absolute atomic E-state index is 0.593. The van der Waals surface area contributed by atoms with Gasteiger partial charge in [0.1, 0.15) is 5.76 Å². The average Bonchev–Trinajstić information content (AvgIpc) is 2.73. The van der Waals surface area contributed by atoms with Gasteiger partial charge in [0.15, 0.2) is 0 Å². The zero-order chi connectivity index (χ0) is 12.1. The molecule has 0 atom stereocenters. The van der Waals surface area contributed by atoms with Gasteiger partial charge in [-0.25, -0.2) is 0 Å². The van der Waals surface area contributed by atoms with E-state index in [9.17, 15) is 0 Å². The highest BCUT2D eigenvalue weighted by Crippen LogP contribution is 2.26. The molecule has 4 heteroatoms. The molecule has 3 nitrogen and oxygen atoms in total. The van der Waals surface area contributed by atoms with Gasteiger partial charge in [-0.15, -0.1) is 0 Å². The maximum atomic E-state index is 5.41. The minimum Gasteiger partial charge on any atom is -0.476 e. The Labute approximate surface area is 109 Å². The van der Waals surface area contributed by atoms with Crippen molar-refractivity contribution >= 4 is 15.9 Å². The van der Waals surface area contributed by atoms with E-state index in [1.807, 2.05) is 25.1 Å². The Hall–Kier alpha value is -1.29. The van der Waals surface area contributed by atoms with Crippen molar-refractivity contribution in [2.45, 2.75) is 18.7 Å². The van der Waals surface area contributed by atoms with Crippen molar-refractivity contribution < 1.29 is 9.26 Å². The van der Waals surface area contributed by atoms with Crippen LogP contribution in [0.4, 0.5) is 0 Å². The van der Waals surface area contributed by atoms with E-state index in [0.717, 1.165) is 17.7 Å². The molecular formula is C13H14BrNO2. The predicted octanol–water partition coefficient (Wildman–Crippen LogP) is 3.56.